The molecule has 24 heavy (non-hydrogen) atoms. The van der Waals surface area contributed by atoms with Crippen LogP contribution in [0.3, 0.4) is 0 Å². The first kappa shape index (κ1) is 15.5. The second-order valence-corrected chi connectivity index (χ2v) is 4.96. The van der Waals surface area contributed by atoms with E-state index in [-0.39, 0.29) is 17.2 Å². The van der Waals surface area contributed by atoms with Crippen LogP contribution in [0, 0.1) is 10.1 Å². The number of nitro benzene ring substituents is 1. The Morgan fingerprint density at radius 1 is 1.08 bits per heavy atom. The fourth-order valence-corrected chi connectivity index (χ4v) is 2.44. The summed E-state index contributed by atoms with van der Waals surface area (Å²) in [4.78, 5) is 22.8. The standard InChI is InChI=1S/C17H13NO6/c1-22-13-8-7-12-15(17(13)23-2)16(19)14(24-12)9-10-3-5-11(6-4-10)18(20)21/h3-9H,1-2H3/b14-9-. The van der Waals surface area contributed by atoms with E-state index in [1.54, 1.807) is 24.3 Å². The number of fused-ring (bicyclic) bond motifs is 1. The summed E-state index contributed by atoms with van der Waals surface area (Å²) in [5.74, 6) is 0.909. The van der Waals surface area contributed by atoms with Crippen molar-refractivity contribution in [3.63, 3.8) is 0 Å². The van der Waals surface area contributed by atoms with Crippen molar-refractivity contribution in [2.45, 2.75) is 0 Å². The summed E-state index contributed by atoms with van der Waals surface area (Å²) in [6.07, 6.45) is 1.53. The van der Waals surface area contributed by atoms with Crippen LogP contribution < -0.4 is 14.2 Å². The molecular formula is C17H13NO6. The number of carbonyl (C=O) groups is 1. The molecule has 0 radical (unpaired) electrons. The summed E-state index contributed by atoms with van der Waals surface area (Å²) >= 11 is 0. The highest BCUT2D eigenvalue weighted by molar-refractivity contribution is 6.16. The highest BCUT2D eigenvalue weighted by Crippen LogP contribution is 2.43. The minimum absolute atomic E-state index is 0.0227. The van der Waals surface area contributed by atoms with E-state index in [2.05, 4.69) is 0 Å². The van der Waals surface area contributed by atoms with Crippen molar-refractivity contribution < 1.29 is 23.9 Å². The summed E-state index contributed by atoms with van der Waals surface area (Å²) < 4.78 is 16.0. The van der Waals surface area contributed by atoms with E-state index >= 15 is 0 Å². The SMILES string of the molecule is COc1ccc2c(c1OC)C(=O)/C(=C/c1ccc([N+](=O)[O-])cc1)O2. The van der Waals surface area contributed by atoms with Crippen LogP contribution in [0.15, 0.2) is 42.2 Å². The van der Waals surface area contributed by atoms with E-state index in [4.69, 9.17) is 14.2 Å². The van der Waals surface area contributed by atoms with E-state index in [1.807, 2.05) is 0 Å². The van der Waals surface area contributed by atoms with Crippen LogP contribution in [0.1, 0.15) is 15.9 Å². The molecular weight excluding hydrogens is 314 g/mol. The van der Waals surface area contributed by atoms with Crippen molar-refractivity contribution in [2.75, 3.05) is 14.2 Å². The molecule has 0 N–H and O–H groups in total. The molecule has 1 heterocycles. The molecule has 2 aromatic carbocycles. The van der Waals surface area contributed by atoms with E-state index in [0.29, 0.717) is 28.4 Å². The Hall–Kier alpha value is -3.35. The quantitative estimate of drug-likeness (QED) is 0.487. The zero-order chi connectivity index (χ0) is 17.3. The number of carbonyl (C=O) groups excluding carboxylic acids is 1. The molecule has 0 atom stereocenters. The molecule has 0 saturated carbocycles. The zero-order valence-corrected chi connectivity index (χ0v) is 12.9. The summed E-state index contributed by atoms with van der Waals surface area (Å²) in [5.41, 5.74) is 0.887. The van der Waals surface area contributed by atoms with E-state index in [9.17, 15) is 14.9 Å². The smallest absolute Gasteiger partial charge is 0.269 e. The molecule has 0 saturated heterocycles. The average molecular weight is 327 g/mol. The fourth-order valence-electron chi connectivity index (χ4n) is 2.44. The number of methoxy groups -OCH3 is 2. The maximum absolute atomic E-state index is 12.6. The van der Waals surface area contributed by atoms with Gasteiger partial charge in [0, 0.05) is 12.1 Å². The maximum atomic E-state index is 12.6. The number of allylic oxidation sites excluding steroid dienone is 1. The molecule has 7 heteroatoms. The van der Waals surface area contributed by atoms with E-state index < -0.39 is 4.92 Å². The van der Waals surface area contributed by atoms with Crippen LogP contribution in [0.25, 0.3) is 6.08 Å². The molecule has 0 aromatic heterocycles. The second kappa shape index (κ2) is 6.04. The number of non-ortho nitro benzene ring substituents is 1. The first-order chi connectivity index (χ1) is 11.5. The number of hydrogen-bond donors (Lipinski definition) is 0. The second-order valence-electron chi connectivity index (χ2n) is 4.96. The Morgan fingerprint density at radius 2 is 1.79 bits per heavy atom. The first-order valence-electron chi connectivity index (χ1n) is 6.99. The summed E-state index contributed by atoms with van der Waals surface area (Å²) in [5, 5.41) is 10.7. The van der Waals surface area contributed by atoms with Gasteiger partial charge in [-0.1, -0.05) is 0 Å². The third-order valence-electron chi connectivity index (χ3n) is 3.58. The Morgan fingerprint density at radius 3 is 2.38 bits per heavy atom. The third kappa shape index (κ3) is 2.56. The van der Waals surface area contributed by atoms with Crippen molar-refractivity contribution >= 4 is 17.5 Å². The monoisotopic (exact) mass is 327 g/mol. The predicted molar refractivity (Wildman–Crippen MR) is 85.6 cm³/mol. The van der Waals surface area contributed by atoms with Crippen LogP contribution in [0.2, 0.25) is 0 Å². The number of benzene rings is 2. The molecule has 0 bridgehead atoms. The lowest BCUT2D eigenvalue weighted by atomic mass is 10.1. The normalized spacial score (nSPS) is 14.2. The fraction of sp³-hybridized carbons (Fsp3) is 0.118. The molecule has 1 aliphatic heterocycles. The van der Waals surface area contributed by atoms with Gasteiger partial charge >= 0.3 is 0 Å². The van der Waals surface area contributed by atoms with Gasteiger partial charge in [0.15, 0.2) is 17.3 Å². The van der Waals surface area contributed by atoms with Crippen LogP contribution in [-0.4, -0.2) is 24.9 Å². The van der Waals surface area contributed by atoms with Crippen molar-refractivity contribution in [2.24, 2.45) is 0 Å². The van der Waals surface area contributed by atoms with E-state index in [1.165, 1.54) is 32.4 Å². The summed E-state index contributed by atoms with van der Waals surface area (Å²) in [7, 11) is 2.93. The first-order valence-corrected chi connectivity index (χ1v) is 6.99. The minimum Gasteiger partial charge on any atom is -0.493 e. The van der Waals surface area contributed by atoms with Crippen LogP contribution in [-0.2, 0) is 0 Å². The Kier molecular flexibility index (Phi) is 3.91. The number of rotatable bonds is 4. The van der Waals surface area contributed by atoms with Crippen molar-refractivity contribution in [1.29, 1.82) is 0 Å². The molecule has 1 aliphatic rings. The van der Waals surface area contributed by atoms with Gasteiger partial charge < -0.3 is 14.2 Å². The number of nitrogens with zero attached hydrogens (tertiary/aromatic N) is 1. The molecule has 0 aliphatic carbocycles. The van der Waals surface area contributed by atoms with Gasteiger partial charge in [0.25, 0.3) is 5.69 Å². The predicted octanol–water partition coefficient (Wildman–Crippen LogP) is 3.23. The van der Waals surface area contributed by atoms with Crippen molar-refractivity contribution in [1.82, 2.24) is 0 Å². The largest absolute Gasteiger partial charge is 0.493 e. The van der Waals surface area contributed by atoms with Gasteiger partial charge in [-0.05, 0) is 35.9 Å². The van der Waals surface area contributed by atoms with E-state index in [0.717, 1.165) is 0 Å². The maximum Gasteiger partial charge on any atom is 0.269 e. The van der Waals surface area contributed by atoms with Crippen LogP contribution in [0.5, 0.6) is 17.2 Å². The van der Waals surface area contributed by atoms with Gasteiger partial charge in [0.05, 0.1) is 19.1 Å². The van der Waals surface area contributed by atoms with Gasteiger partial charge in [-0.15, -0.1) is 0 Å². The minimum atomic E-state index is -0.485. The third-order valence-corrected chi connectivity index (χ3v) is 3.58. The number of hydrogen-bond acceptors (Lipinski definition) is 6. The van der Waals surface area contributed by atoms with Gasteiger partial charge in [0.1, 0.15) is 11.3 Å². The molecule has 0 unspecified atom stereocenters. The number of nitro groups is 1. The Balaban J connectivity index is 1.97. The molecule has 3 rings (SSSR count). The van der Waals surface area contributed by atoms with Crippen molar-refractivity contribution in [3.05, 3.63) is 63.4 Å². The number of ketones is 1. The topological polar surface area (TPSA) is 87.9 Å². The van der Waals surface area contributed by atoms with Gasteiger partial charge in [-0.2, -0.15) is 0 Å². The molecule has 122 valence electrons. The highest BCUT2D eigenvalue weighted by Gasteiger charge is 2.33. The van der Waals surface area contributed by atoms with Crippen LogP contribution in [0.4, 0.5) is 5.69 Å². The Bertz CT molecular complexity index is 854. The lowest BCUT2D eigenvalue weighted by Gasteiger charge is -2.09. The summed E-state index contributed by atoms with van der Waals surface area (Å²) in [6, 6.07) is 9.10. The highest BCUT2D eigenvalue weighted by atomic mass is 16.6. The lowest BCUT2D eigenvalue weighted by molar-refractivity contribution is -0.384. The molecule has 0 fully saturated rings. The Labute approximate surface area is 137 Å². The van der Waals surface area contributed by atoms with Gasteiger partial charge in [0.2, 0.25) is 5.78 Å². The molecule has 7 nitrogen and oxygen atoms in total. The zero-order valence-electron chi connectivity index (χ0n) is 12.9. The van der Waals surface area contributed by atoms with Crippen molar-refractivity contribution in [3.8, 4) is 17.2 Å². The molecule has 0 amide bonds. The van der Waals surface area contributed by atoms with Gasteiger partial charge in [-0.25, -0.2) is 0 Å². The van der Waals surface area contributed by atoms with Gasteiger partial charge in [-0.3, -0.25) is 14.9 Å². The van der Waals surface area contributed by atoms with Crippen LogP contribution >= 0.6 is 0 Å². The molecule has 0 spiro atoms. The molecule has 2 aromatic rings. The summed E-state index contributed by atoms with van der Waals surface area (Å²) in [6.45, 7) is 0. The lowest BCUT2D eigenvalue weighted by Crippen LogP contribution is -2.01. The number of ether oxygens (including phenoxy) is 3. The average Bonchev–Trinajstić information content (AvgIpc) is 2.90. The number of Topliss-reactive ketones (excluding diaryl/α,β-unsaturated/α-hetero) is 1.